The van der Waals surface area contributed by atoms with Crippen molar-refractivity contribution in [2.45, 2.75) is 4.90 Å². The summed E-state index contributed by atoms with van der Waals surface area (Å²) in [7, 11) is 10.3. The fourth-order valence-electron chi connectivity index (χ4n) is 0.541. The minimum Gasteiger partial charge on any atom is -0.0683 e. The molecule has 0 unspecified atom stereocenters. The first-order chi connectivity index (χ1) is 4.30. The zero-order valence-electron chi connectivity index (χ0n) is 4.59. The van der Waals surface area contributed by atoms with Gasteiger partial charge in [0.1, 0.15) is 0 Å². The lowest BCUT2D eigenvalue weighted by molar-refractivity contribution is 1.47. The van der Waals surface area contributed by atoms with Gasteiger partial charge in [-0.15, -0.1) is 0 Å². The van der Waals surface area contributed by atoms with Crippen LogP contribution in [0, 0.1) is 0 Å². The van der Waals surface area contributed by atoms with Crippen LogP contribution in [0.5, 0.6) is 0 Å². The predicted molar refractivity (Wildman–Crippen MR) is 45.4 cm³/mol. The largest absolute Gasteiger partial charge is 0.0683 e. The second-order valence-electron chi connectivity index (χ2n) is 1.57. The molecule has 0 aromatic heterocycles. The predicted octanol–water partition coefficient (Wildman–Crippen LogP) is 3.35. The summed E-state index contributed by atoms with van der Waals surface area (Å²) in [6, 6.07) is 9.64. The van der Waals surface area contributed by atoms with E-state index in [1.807, 2.05) is 30.3 Å². The highest BCUT2D eigenvalue weighted by Crippen LogP contribution is 2.44. The first kappa shape index (κ1) is 7.26. The summed E-state index contributed by atoms with van der Waals surface area (Å²) in [6.45, 7) is 0. The Bertz CT molecular complexity index is 174. The number of benzene rings is 1. The Hall–Kier alpha value is 0.150. The molecule has 1 rings (SSSR count). The molecule has 0 amide bonds. The molecule has 50 valence electrons. The molecule has 0 fully saturated rings. The maximum atomic E-state index is 5.63. The van der Waals surface area contributed by atoms with Crippen molar-refractivity contribution in [3.63, 3.8) is 0 Å². The van der Waals surface area contributed by atoms with E-state index in [4.69, 9.17) is 21.4 Å². The van der Waals surface area contributed by atoms with Crippen LogP contribution in [-0.4, -0.2) is 0 Å². The average Bonchev–Trinajstić information content (AvgIpc) is 1.90. The van der Waals surface area contributed by atoms with Crippen molar-refractivity contribution in [2.24, 2.45) is 0 Å². The van der Waals surface area contributed by atoms with E-state index in [2.05, 4.69) is 0 Å². The highest BCUT2D eigenvalue weighted by molar-refractivity contribution is 8.52. The molecule has 0 aliphatic heterocycles. The molecule has 9 heavy (non-hydrogen) atoms. The zero-order chi connectivity index (χ0) is 6.69. The number of hydrogen-bond donors (Lipinski definition) is 1. The van der Waals surface area contributed by atoms with Crippen molar-refractivity contribution in [1.82, 2.24) is 0 Å². The van der Waals surface area contributed by atoms with Gasteiger partial charge in [-0.2, -0.15) is 0 Å². The molecular formula is C6H6Cl2S. The quantitative estimate of drug-likeness (QED) is 0.631. The van der Waals surface area contributed by atoms with Crippen molar-refractivity contribution in [3.05, 3.63) is 30.3 Å². The van der Waals surface area contributed by atoms with Gasteiger partial charge in [-0.3, -0.25) is 0 Å². The summed E-state index contributed by atoms with van der Waals surface area (Å²) >= 11 is 0. The molecule has 0 spiro atoms. The molecule has 0 aliphatic carbocycles. The minimum atomic E-state index is -0.951. The van der Waals surface area contributed by atoms with E-state index >= 15 is 0 Å². The van der Waals surface area contributed by atoms with Crippen LogP contribution in [0.4, 0.5) is 0 Å². The Balaban J connectivity index is 2.85. The van der Waals surface area contributed by atoms with Gasteiger partial charge in [0.2, 0.25) is 0 Å². The molecule has 0 radical (unpaired) electrons. The van der Waals surface area contributed by atoms with Gasteiger partial charge in [-0.25, -0.2) is 0 Å². The van der Waals surface area contributed by atoms with Crippen molar-refractivity contribution < 1.29 is 0 Å². The average molecular weight is 181 g/mol. The normalized spacial score (nSPS) is 11.1. The SMILES string of the molecule is Cl[SH](Cl)c1ccccc1. The Kier molecular flexibility index (Phi) is 2.70. The van der Waals surface area contributed by atoms with E-state index < -0.39 is 9.32 Å². The van der Waals surface area contributed by atoms with Crippen LogP contribution in [0.2, 0.25) is 0 Å². The molecule has 0 N–H and O–H groups in total. The first-order valence-corrected chi connectivity index (χ1v) is 5.62. The third kappa shape index (κ3) is 2.09. The summed E-state index contributed by atoms with van der Waals surface area (Å²) in [5.41, 5.74) is 0. The van der Waals surface area contributed by atoms with Crippen molar-refractivity contribution in [1.29, 1.82) is 0 Å². The van der Waals surface area contributed by atoms with E-state index in [-0.39, 0.29) is 0 Å². The highest BCUT2D eigenvalue weighted by Gasteiger charge is 1.93. The van der Waals surface area contributed by atoms with Gasteiger partial charge < -0.3 is 0 Å². The second kappa shape index (κ2) is 3.35. The molecular weight excluding hydrogens is 175 g/mol. The van der Waals surface area contributed by atoms with Gasteiger partial charge in [0, 0.05) is 4.90 Å². The molecule has 0 saturated carbocycles. The van der Waals surface area contributed by atoms with Crippen molar-refractivity contribution in [2.75, 3.05) is 0 Å². The van der Waals surface area contributed by atoms with Crippen LogP contribution < -0.4 is 0 Å². The van der Waals surface area contributed by atoms with Crippen molar-refractivity contribution >= 4 is 30.7 Å². The first-order valence-electron chi connectivity index (χ1n) is 2.47. The molecule has 0 atom stereocenters. The Labute approximate surface area is 66.1 Å². The Morgan fingerprint density at radius 1 is 1.00 bits per heavy atom. The summed E-state index contributed by atoms with van der Waals surface area (Å²) < 4.78 is 0. The zero-order valence-corrected chi connectivity index (χ0v) is 7.00. The molecule has 0 bridgehead atoms. The van der Waals surface area contributed by atoms with E-state index in [0.717, 1.165) is 4.90 Å². The Morgan fingerprint density at radius 3 is 1.89 bits per heavy atom. The van der Waals surface area contributed by atoms with Crippen LogP contribution in [0.25, 0.3) is 0 Å². The minimum absolute atomic E-state index is 0.951. The summed E-state index contributed by atoms with van der Waals surface area (Å²) in [4.78, 5) is 1.01. The lowest BCUT2D eigenvalue weighted by atomic mass is 10.4. The molecule has 0 heterocycles. The van der Waals surface area contributed by atoms with Gasteiger partial charge in [0.15, 0.2) is 0 Å². The molecule has 1 aromatic carbocycles. The molecule has 0 aliphatic rings. The third-order valence-corrected chi connectivity index (χ3v) is 2.81. The lowest BCUT2D eigenvalue weighted by Crippen LogP contribution is -1.64. The van der Waals surface area contributed by atoms with Crippen LogP contribution >= 0.6 is 30.7 Å². The van der Waals surface area contributed by atoms with Crippen LogP contribution in [0.3, 0.4) is 0 Å². The number of rotatable bonds is 1. The molecule has 3 heteroatoms. The van der Waals surface area contributed by atoms with Gasteiger partial charge in [-0.1, -0.05) is 27.5 Å². The van der Waals surface area contributed by atoms with Gasteiger partial charge in [-0.05, 0) is 33.5 Å². The summed E-state index contributed by atoms with van der Waals surface area (Å²) in [6.07, 6.45) is 0. The molecule has 0 nitrogen and oxygen atoms in total. The number of thiol groups is 1. The van der Waals surface area contributed by atoms with E-state index in [1.165, 1.54) is 0 Å². The molecule has 1 aromatic rings. The highest BCUT2D eigenvalue weighted by atomic mass is 36.0. The Morgan fingerprint density at radius 2 is 1.56 bits per heavy atom. The number of hydrogen-bond acceptors (Lipinski definition) is 0. The van der Waals surface area contributed by atoms with E-state index in [0.29, 0.717) is 0 Å². The van der Waals surface area contributed by atoms with Gasteiger partial charge in [0.25, 0.3) is 0 Å². The van der Waals surface area contributed by atoms with Gasteiger partial charge in [0.05, 0.1) is 0 Å². The van der Waals surface area contributed by atoms with Crippen LogP contribution in [-0.2, 0) is 0 Å². The summed E-state index contributed by atoms with van der Waals surface area (Å²) in [5, 5.41) is 0. The smallest absolute Gasteiger partial charge is 0.0140 e. The van der Waals surface area contributed by atoms with E-state index in [9.17, 15) is 0 Å². The van der Waals surface area contributed by atoms with Crippen LogP contribution in [0.1, 0.15) is 0 Å². The topological polar surface area (TPSA) is 0 Å². The van der Waals surface area contributed by atoms with E-state index in [1.54, 1.807) is 0 Å². The maximum absolute atomic E-state index is 5.63. The standard InChI is InChI=1S/C6H6Cl2S/c7-9(8)6-4-2-1-3-5-6/h1-5,9H. The summed E-state index contributed by atoms with van der Waals surface area (Å²) in [5.74, 6) is 0. The van der Waals surface area contributed by atoms with Crippen LogP contribution in [0.15, 0.2) is 35.2 Å². The fraction of sp³-hybridized carbons (Fsp3) is 0. The monoisotopic (exact) mass is 180 g/mol. The third-order valence-electron chi connectivity index (χ3n) is 0.951. The molecule has 0 saturated heterocycles. The second-order valence-corrected chi connectivity index (χ2v) is 5.10. The maximum Gasteiger partial charge on any atom is 0.0140 e. The fourth-order valence-corrected chi connectivity index (χ4v) is 1.61. The lowest BCUT2D eigenvalue weighted by Gasteiger charge is -2.01. The van der Waals surface area contributed by atoms with Crippen molar-refractivity contribution in [3.8, 4) is 0 Å². The number of halogens is 2. The van der Waals surface area contributed by atoms with Gasteiger partial charge >= 0.3 is 0 Å².